The van der Waals surface area contributed by atoms with Crippen molar-refractivity contribution < 1.29 is 4.42 Å². The van der Waals surface area contributed by atoms with E-state index >= 15 is 0 Å². The SMILES string of the molecule is CC1CCN(Cc2ccoc2CN)CC1. The van der Waals surface area contributed by atoms with E-state index in [-0.39, 0.29) is 0 Å². The van der Waals surface area contributed by atoms with Gasteiger partial charge in [0.2, 0.25) is 0 Å². The van der Waals surface area contributed by atoms with E-state index < -0.39 is 0 Å². The number of likely N-dealkylation sites (tertiary alicyclic amines) is 1. The molecule has 1 fully saturated rings. The Balaban J connectivity index is 1.91. The molecule has 3 nitrogen and oxygen atoms in total. The Hall–Kier alpha value is -0.800. The van der Waals surface area contributed by atoms with Crippen LogP contribution in [0.25, 0.3) is 0 Å². The summed E-state index contributed by atoms with van der Waals surface area (Å²) in [7, 11) is 0. The second kappa shape index (κ2) is 4.81. The van der Waals surface area contributed by atoms with E-state index in [2.05, 4.69) is 11.8 Å². The highest BCUT2D eigenvalue weighted by Crippen LogP contribution is 2.19. The first kappa shape index (κ1) is 10.7. The summed E-state index contributed by atoms with van der Waals surface area (Å²) >= 11 is 0. The fraction of sp³-hybridized carbons (Fsp3) is 0.667. The lowest BCUT2D eigenvalue weighted by Gasteiger charge is -2.29. The second-order valence-electron chi connectivity index (χ2n) is 4.53. The minimum absolute atomic E-state index is 0.507. The maximum absolute atomic E-state index is 5.61. The van der Waals surface area contributed by atoms with Crippen LogP contribution in [0.5, 0.6) is 0 Å². The molecule has 2 heterocycles. The summed E-state index contributed by atoms with van der Waals surface area (Å²) in [5, 5.41) is 0. The topological polar surface area (TPSA) is 42.4 Å². The first-order valence-corrected chi connectivity index (χ1v) is 5.77. The van der Waals surface area contributed by atoms with Crippen molar-refractivity contribution in [3.8, 4) is 0 Å². The lowest BCUT2D eigenvalue weighted by atomic mass is 9.99. The quantitative estimate of drug-likeness (QED) is 0.825. The van der Waals surface area contributed by atoms with Crippen LogP contribution in [0.1, 0.15) is 31.1 Å². The summed E-state index contributed by atoms with van der Waals surface area (Å²) in [6.45, 7) is 6.25. The van der Waals surface area contributed by atoms with Gasteiger partial charge >= 0.3 is 0 Å². The number of nitrogens with two attached hydrogens (primary N) is 1. The molecule has 1 aromatic rings. The van der Waals surface area contributed by atoms with Crippen molar-refractivity contribution in [1.82, 2.24) is 4.90 Å². The minimum atomic E-state index is 0.507. The lowest BCUT2D eigenvalue weighted by molar-refractivity contribution is 0.184. The molecule has 0 bridgehead atoms. The Morgan fingerprint density at radius 2 is 2.20 bits per heavy atom. The minimum Gasteiger partial charge on any atom is -0.468 e. The van der Waals surface area contributed by atoms with Gasteiger partial charge in [0.05, 0.1) is 12.8 Å². The van der Waals surface area contributed by atoms with E-state index in [0.29, 0.717) is 6.54 Å². The second-order valence-corrected chi connectivity index (χ2v) is 4.53. The molecule has 0 aliphatic carbocycles. The Bertz CT molecular complexity index is 300. The van der Waals surface area contributed by atoms with Gasteiger partial charge in [0.25, 0.3) is 0 Å². The zero-order valence-electron chi connectivity index (χ0n) is 9.41. The molecule has 0 aromatic carbocycles. The summed E-state index contributed by atoms with van der Waals surface area (Å²) in [5.41, 5.74) is 6.87. The van der Waals surface area contributed by atoms with Gasteiger partial charge in [-0.3, -0.25) is 4.90 Å². The van der Waals surface area contributed by atoms with Gasteiger partial charge in [-0.1, -0.05) is 6.92 Å². The Kier molecular flexibility index (Phi) is 3.44. The van der Waals surface area contributed by atoms with Crippen LogP contribution >= 0.6 is 0 Å². The summed E-state index contributed by atoms with van der Waals surface area (Å²) < 4.78 is 5.32. The molecule has 0 radical (unpaired) electrons. The van der Waals surface area contributed by atoms with Crippen LogP contribution in [-0.2, 0) is 13.1 Å². The molecule has 0 spiro atoms. The van der Waals surface area contributed by atoms with Crippen molar-refractivity contribution >= 4 is 0 Å². The van der Waals surface area contributed by atoms with Gasteiger partial charge in [-0.25, -0.2) is 0 Å². The lowest BCUT2D eigenvalue weighted by Crippen LogP contribution is -2.32. The Morgan fingerprint density at radius 1 is 1.47 bits per heavy atom. The molecule has 1 aliphatic rings. The van der Waals surface area contributed by atoms with Gasteiger partial charge in [-0.15, -0.1) is 0 Å². The highest BCUT2D eigenvalue weighted by Gasteiger charge is 2.17. The van der Waals surface area contributed by atoms with E-state index in [1.807, 2.05) is 6.07 Å². The van der Waals surface area contributed by atoms with Gasteiger partial charge < -0.3 is 10.2 Å². The van der Waals surface area contributed by atoms with E-state index in [9.17, 15) is 0 Å². The van der Waals surface area contributed by atoms with Gasteiger partial charge in [0, 0.05) is 12.1 Å². The molecule has 1 aromatic heterocycles. The number of rotatable bonds is 3. The largest absolute Gasteiger partial charge is 0.468 e. The molecule has 15 heavy (non-hydrogen) atoms. The smallest absolute Gasteiger partial charge is 0.121 e. The first-order chi connectivity index (χ1) is 7.29. The fourth-order valence-corrected chi connectivity index (χ4v) is 2.15. The average Bonchev–Trinajstić information content (AvgIpc) is 2.69. The van der Waals surface area contributed by atoms with Crippen LogP contribution in [0.4, 0.5) is 0 Å². The van der Waals surface area contributed by atoms with Gasteiger partial charge in [0.15, 0.2) is 0 Å². The third kappa shape index (κ3) is 2.61. The van der Waals surface area contributed by atoms with Crippen LogP contribution < -0.4 is 5.73 Å². The number of nitrogens with zero attached hydrogens (tertiary/aromatic N) is 1. The van der Waals surface area contributed by atoms with E-state index in [1.54, 1.807) is 6.26 Å². The highest BCUT2D eigenvalue weighted by atomic mass is 16.3. The Morgan fingerprint density at radius 3 is 2.87 bits per heavy atom. The van der Waals surface area contributed by atoms with E-state index in [1.165, 1.54) is 31.5 Å². The van der Waals surface area contributed by atoms with Gasteiger partial charge in [0.1, 0.15) is 5.76 Å². The van der Waals surface area contributed by atoms with Crippen LogP contribution in [0.2, 0.25) is 0 Å². The molecule has 1 saturated heterocycles. The number of furan rings is 1. The van der Waals surface area contributed by atoms with Gasteiger partial charge in [-0.05, 0) is 37.9 Å². The molecule has 84 valence electrons. The molecule has 0 saturated carbocycles. The summed E-state index contributed by atoms with van der Waals surface area (Å²) in [6, 6.07) is 2.04. The molecule has 0 unspecified atom stereocenters. The van der Waals surface area contributed by atoms with Crippen LogP contribution in [0.3, 0.4) is 0 Å². The molecule has 3 heteroatoms. The van der Waals surface area contributed by atoms with Crippen molar-refractivity contribution in [1.29, 1.82) is 0 Å². The zero-order valence-corrected chi connectivity index (χ0v) is 9.41. The van der Waals surface area contributed by atoms with Gasteiger partial charge in [-0.2, -0.15) is 0 Å². The first-order valence-electron chi connectivity index (χ1n) is 5.77. The zero-order chi connectivity index (χ0) is 10.7. The van der Waals surface area contributed by atoms with Crippen LogP contribution in [-0.4, -0.2) is 18.0 Å². The van der Waals surface area contributed by atoms with Crippen molar-refractivity contribution in [2.75, 3.05) is 13.1 Å². The molecule has 0 atom stereocenters. The van der Waals surface area contributed by atoms with Crippen molar-refractivity contribution in [2.24, 2.45) is 11.7 Å². The Labute approximate surface area is 91.2 Å². The maximum atomic E-state index is 5.61. The predicted octanol–water partition coefficient (Wildman–Crippen LogP) is 1.97. The molecule has 1 aliphatic heterocycles. The summed E-state index contributed by atoms with van der Waals surface area (Å²) in [6.07, 6.45) is 4.37. The fourth-order valence-electron chi connectivity index (χ4n) is 2.15. The van der Waals surface area contributed by atoms with E-state index in [4.69, 9.17) is 10.2 Å². The molecule has 2 rings (SSSR count). The maximum Gasteiger partial charge on any atom is 0.121 e. The third-order valence-corrected chi connectivity index (χ3v) is 3.29. The number of hydrogen-bond acceptors (Lipinski definition) is 3. The average molecular weight is 208 g/mol. The molecular weight excluding hydrogens is 188 g/mol. The predicted molar refractivity (Wildman–Crippen MR) is 60.3 cm³/mol. The normalized spacial score (nSPS) is 19.6. The molecular formula is C12H20N2O. The standard InChI is InChI=1S/C12H20N2O/c1-10-2-5-14(6-3-10)9-11-4-7-15-12(11)8-13/h4,7,10H,2-3,5-6,8-9,13H2,1H3. The van der Waals surface area contributed by atoms with Crippen molar-refractivity contribution in [3.05, 3.63) is 23.7 Å². The van der Waals surface area contributed by atoms with Crippen molar-refractivity contribution in [3.63, 3.8) is 0 Å². The van der Waals surface area contributed by atoms with E-state index in [0.717, 1.165) is 18.2 Å². The number of piperidine rings is 1. The summed E-state index contributed by atoms with van der Waals surface area (Å²) in [5.74, 6) is 1.83. The van der Waals surface area contributed by atoms with Crippen molar-refractivity contribution in [2.45, 2.75) is 32.9 Å². The van der Waals surface area contributed by atoms with Crippen LogP contribution in [0, 0.1) is 5.92 Å². The molecule has 0 amide bonds. The number of hydrogen-bond donors (Lipinski definition) is 1. The monoisotopic (exact) mass is 208 g/mol. The molecule has 2 N–H and O–H groups in total. The summed E-state index contributed by atoms with van der Waals surface area (Å²) in [4.78, 5) is 2.49. The highest BCUT2D eigenvalue weighted by molar-refractivity contribution is 5.16. The third-order valence-electron chi connectivity index (χ3n) is 3.29. The van der Waals surface area contributed by atoms with Crippen LogP contribution in [0.15, 0.2) is 16.7 Å².